The summed E-state index contributed by atoms with van der Waals surface area (Å²) in [7, 11) is 0. The molecule has 0 radical (unpaired) electrons. The predicted octanol–water partition coefficient (Wildman–Crippen LogP) is 1.06. The molecule has 0 aliphatic rings. The second-order valence-corrected chi connectivity index (χ2v) is 2.78. The lowest BCUT2D eigenvalue weighted by Gasteiger charge is -2.06. The van der Waals surface area contributed by atoms with Crippen LogP contribution >= 0.6 is 0 Å². The normalized spacial score (nSPS) is 9.33. The van der Waals surface area contributed by atoms with Crippen molar-refractivity contribution in [3.8, 4) is 12.3 Å². The predicted molar refractivity (Wildman–Crippen MR) is 54.3 cm³/mol. The van der Waals surface area contributed by atoms with Gasteiger partial charge in [-0.15, -0.1) is 6.42 Å². The van der Waals surface area contributed by atoms with Gasteiger partial charge in [-0.1, -0.05) is 5.92 Å². The van der Waals surface area contributed by atoms with Crippen molar-refractivity contribution < 1.29 is 14.7 Å². The van der Waals surface area contributed by atoms with E-state index >= 15 is 0 Å². The Morgan fingerprint density at radius 3 is 3.07 bits per heavy atom. The standard InChI is InChI=1S/C10H10N2O3/c1-3-4-15-12-8-5-7(2)11-9(6-8)10(13)14/h1,5-6H,4H2,2H3,(H,11,12)(H,13,14). The molecule has 1 aromatic rings. The number of rotatable bonds is 4. The van der Waals surface area contributed by atoms with E-state index in [0.29, 0.717) is 11.4 Å². The lowest BCUT2D eigenvalue weighted by molar-refractivity contribution is 0.0690. The quantitative estimate of drug-likeness (QED) is 0.438. The van der Waals surface area contributed by atoms with E-state index in [0.717, 1.165) is 0 Å². The molecule has 1 rings (SSSR count). The Balaban J connectivity index is 2.80. The van der Waals surface area contributed by atoms with Gasteiger partial charge in [-0.25, -0.2) is 9.78 Å². The van der Waals surface area contributed by atoms with E-state index in [2.05, 4.69) is 16.4 Å². The molecule has 5 heteroatoms. The number of terminal acetylenes is 1. The van der Waals surface area contributed by atoms with Gasteiger partial charge in [-0.3, -0.25) is 10.3 Å². The summed E-state index contributed by atoms with van der Waals surface area (Å²) in [6.45, 7) is 1.79. The van der Waals surface area contributed by atoms with Crippen LogP contribution in [-0.4, -0.2) is 22.7 Å². The number of hydrogen-bond acceptors (Lipinski definition) is 4. The fraction of sp³-hybridized carbons (Fsp3) is 0.200. The van der Waals surface area contributed by atoms with Crippen LogP contribution in [0.25, 0.3) is 0 Å². The molecule has 0 fully saturated rings. The van der Waals surface area contributed by atoms with Crippen LogP contribution in [0.2, 0.25) is 0 Å². The first-order chi connectivity index (χ1) is 7.13. The van der Waals surface area contributed by atoms with Gasteiger partial charge in [0.05, 0.1) is 5.69 Å². The van der Waals surface area contributed by atoms with E-state index in [-0.39, 0.29) is 12.3 Å². The average molecular weight is 206 g/mol. The molecule has 0 aliphatic heterocycles. The molecule has 1 aromatic heterocycles. The number of carbonyl (C=O) groups is 1. The highest BCUT2D eigenvalue weighted by Crippen LogP contribution is 2.11. The Labute approximate surface area is 87.0 Å². The Hall–Kier alpha value is -2.06. The van der Waals surface area contributed by atoms with Crippen molar-refractivity contribution in [1.29, 1.82) is 0 Å². The molecular weight excluding hydrogens is 196 g/mol. The van der Waals surface area contributed by atoms with Crippen LogP contribution in [-0.2, 0) is 4.84 Å². The first-order valence-electron chi connectivity index (χ1n) is 4.16. The molecule has 0 unspecified atom stereocenters. The lowest BCUT2D eigenvalue weighted by atomic mass is 10.3. The molecule has 1 heterocycles. The van der Waals surface area contributed by atoms with Crippen LogP contribution in [0.1, 0.15) is 16.2 Å². The molecule has 0 saturated carbocycles. The fourth-order valence-corrected chi connectivity index (χ4v) is 0.998. The maximum absolute atomic E-state index is 10.7. The third kappa shape index (κ3) is 3.29. The minimum absolute atomic E-state index is 0.0400. The van der Waals surface area contributed by atoms with Crippen molar-refractivity contribution in [3.63, 3.8) is 0 Å². The number of aromatic nitrogens is 1. The molecule has 78 valence electrons. The molecular formula is C10H10N2O3. The zero-order valence-electron chi connectivity index (χ0n) is 8.15. The summed E-state index contributed by atoms with van der Waals surface area (Å²) in [6, 6.07) is 3.02. The van der Waals surface area contributed by atoms with Crippen LogP contribution in [0, 0.1) is 19.3 Å². The first kappa shape index (κ1) is 11.0. The fourth-order valence-electron chi connectivity index (χ4n) is 0.998. The average Bonchev–Trinajstić information content (AvgIpc) is 2.17. The van der Waals surface area contributed by atoms with Gasteiger partial charge in [0.1, 0.15) is 6.61 Å². The number of pyridine rings is 1. The number of hydrogen-bond donors (Lipinski definition) is 2. The number of nitrogens with one attached hydrogen (secondary N) is 1. The highest BCUT2D eigenvalue weighted by Gasteiger charge is 2.06. The molecule has 0 aliphatic carbocycles. The molecule has 2 N–H and O–H groups in total. The van der Waals surface area contributed by atoms with Crippen LogP contribution in [0.4, 0.5) is 5.69 Å². The van der Waals surface area contributed by atoms with Gasteiger partial charge in [0.2, 0.25) is 0 Å². The summed E-state index contributed by atoms with van der Waals surface area (Å²) in [5.74, 6) is 1.19. The first-order valence-corrected chi connectivity index (χ1v) is 4.16. The second kappa shape index (κ2) is 4.98. The van der Waals surface area contributed by atoms with Crippen LogP contribution in [0.3, 0.4) is 0 Å². The number of carboxylic acids is 1. The number of aryl methyl sites for hydroxylation is 1. The van der Waals surface area contributed by atoms with Gasteiger partial charge in [0, 0.05) is 5.69 Å². The minimum Gasteiger partial charge on any atom is -0.477 e. The van der Waals surface area contributed by atoms with E-state index in [1.165, 1.54) is 6.07 Å². The Morgan fingerprint density at radius 1 is 1.73 bits per heavy atom. The number of nitrogens with zero attached hydrogens (tertiary/aromatic N) is 1. The van der Waals surface area contributed by atoms with Gasteiger partial charge < -0.3 is 5.11 Å². The monoisotopic (exact) mass is 206 g/mol. The second-order valence-electron chi connectivity index (χ2n) is 2.78. The topological polar surface area (TPSA) is 71.5 Å². The Bertz CT molecular complexity index is 410. The zero-order valence-corrected chi connectivity index (χ0v) is 8.15. The molecule has 15 heavy (non-hydrogen) atoms. The number of carboxylic acid groups (broad SMARTS) is 1. The van der Waals surface area contributed by atoms with E-state index in [1.807, 2.05) is 0 Å². The summed E-state index contributed by atoms with van der Waals surface area (Å²) in [4.78, 5) is 19.3. The van der Waals surface area contributed by atoms with Gasteiger partial charge in [-0.2, -0.15) is 0 Å². The molecule has 5 nitrogen and oxygen atoms in total. The summed E-state index contributed by atoms with van der Waals surface area (Å²) < 4.78 is 0. The highest BCUT2D eigenvalue weighted by molar-refractivity contribution is 5.86. The third-order valence-electron chi connectivity index (χ3n) is 1.52. The third-order valence-corrected chi connectivity index (χ3v) is 1.52. The molecule has 0 bridgehead atoms. The highest BCUT2D eigenvalue weighted by atomic mass is 16.6. The number of aromatic carboxylic acids is 1. The van der Waals surface area contributed by atoms with Crippen LogP contribution in [0.15, 0.2) is 12.1 Å². The van der Waals surface area contributed by atoms with Crippen molar-refractivity contribution in [2.45, 2.75) is 6.92 Å². The SMILES string of the molecule is C#CCONc1cc(C)nc(C(=O)O)c1. The van der Waals surface area contributed by atoms with Gasteiger partial charge in [0.25, 0.3) is 0 Å². The molecule has 0 aromatic carbocycles. The molecule has 0 atom stereocenters. The van der Waals surface area contributed by atoms with Crippen molar-refractivity contribution in [3.05, 3.63) is 23.5 Å². The van der Waals surface area contributed by atoms with Gasteiger partial charge in [-0.05, 0) is 19.1 Å². The van der Waals surface area contributed by atoms with Gasteiger partial charge >= 0.3 is 5.97 Å². The van der Waals surface area contributed by atoms with Crippen molar-refractivity contribution in [2.75, 3.05) is 12.1 Å². The van der Waals surface area contributed by atoms with E-state index in [9.17, 15) is 4.79 Å². The number of anilines is 1. The maximum atomic E-state index is 10.7. The Morgan fingerprint density at radius 2 is 2.47 bits per heavy atom. The van der Waals surface area contributed by atoms with E-state index in [1.54, 1.807) is 13.0 Å². The largest absolute Gasteiger partial charge is 0.477 e. The van der Waals surface area contributed by atoms with Crippen molar-refractivity contribution >= 4 is 11.7 Å². The smallest absolute Gasteiger partial charge is 0.354 e. The van der Waals surface area contributed by atoms with Crippen LogP contribution in [0.5, 0.6) is 0 Å². The molecule has 0 saturated heterocycles. The molecule has 0 amide bonds. The Kier molecular flexibility index (Phi) is 3.66. The summed E-state index contributed by atoms with van der Waals surface area (Å²) in [5, 5.41) is 8.74. The van der Waals surface area contributed by atoms with Crippen molar-refractivity contribution in [1.82, 2.24) is 4.98 Å². The lowest BCUT2D eigenvalue weighted by Crippen LogP contribution is -2.06. The minimum atomic E-state index is -1.08. The van der Waals surface area contributed by atoms with E-state index in [4.69, 9.17) is 16.4 Å². The van der Waals surface area contributed by atoms with Crippen LogP contribution < -0.4 is 5.48 Å². The molecule has 0 spiro atoms. The van der Waals surface area contributed by atoms with Crippen molar-refractivity contribution in [2.24, 2.45) is 0 Å². The zero-order chi connectivity index (χ0) is 11.3. The summed E-state index contributed by atoms with van der Waals surface area (Å²) in [5.41, 5.74) is 3.59. The summed E-state index contributed by atoms with van der Waals surface area (Å²) >= 11 is 0. The van der Waals surface area contributed by atoms with E-state index < -0.39 is 5.97 Å². The summed E-state index contributed by atoms with van der Waals surface area (Å²) in [6.07, 6.45) is 4.98. The maximum Gasteiger partial charge on any atom is 0.354 e. The van der Waals surface area contributed by atoms with Gasteiger partial charge in [0.15, 0.2) is 5.69 Å².